The molecule has 0 radical (unpaired) electrons. The maximum atomic E-state index is 13.7. The van der Waals surface area contributed by atoms with Gasteiger partial charge >= 0.3 is 0 Å². The highest BCUT2D eigenvalue weighted by atomic mass is 35.5. The summed E-state index contributed by atoms with van der Waals surface area (Å²) in [6, 6.07) is 22.6. The SMILES string of the molecule is CCOc1ccc(N(CC(=O)N/N=C\c2cc(C)n(-c3cccc(Cl)c3)c2C)S(=O)(=O)c2ccc(SC)cc2)cc1. The summed E-state index contributed by atoms with van der Waals surface area (Å²) in [5.74, 6) is 0.00504. The fraction of sp³-hybridized carbons (Fsp3) is 0.200. The molecule has 0 fully saturated rings. The third-order valence-electron chi connectivity index (χ3n) is 6.30. The predicted molar refractivity (Wildman–Crippen MR) is 166 cm³/mol. The number of nitrogens with zero attached hydrogens (tertiary/aromatic N) is 3. The minimum atomic E-state index is -4.06. The highest BCUT2D eigenvalue weighted by Crippen LogP contribution is 2.27. The van der Waals surface area contributed by atoms with Crippen molar-refractivity contribution in [1.29, 1.82) is 0 Å². The topological polar surface area (TPSA) is 93.0 Å². The van der Waals surface area contributed by atoms with E-state index in [1.165, 1.54) is 30.1 Å². The predicted octanol–water partition coefficient (Wildman–Crippen LogP) is 6.21. The number of hydrogen-bond acceptors (Lipinski definition) is 6. The van der Waals surface area contributed by atoms with Crippen LogP contribution in [0.4, 0.5) is 5.69 Å². The van der Waals surface area contributed by atoms with E-state index in [-0.39, 0.29) is 4.90 Å². The lowest BCUT2D eigenvalue weighted by Gasteiger charge is -2.24. The number of thioether (sulfide) groups is 1. The first kappa shape index (κ1) is 30.2. The number of anilines is 1. The Bertz CT molecular complexity index is 1650. The average Bonchev–Trinajstić information content (AvgIpc) is 3.24. The quantitative estimate of drug-likeness (QED) is 0.124. The number of amides is 1. The van der Waals surface area contributed by atoms with Crippen molar-refractivity contribution >= 4 is 51.2 Å². The normalized spacial score (nSPS) is 11.5. The minimum absolute atomic E-state index is 0.0777. The van der Waals surface area contributed by atoms with E-state index < -0.39 is 22.5 Å². The number of hydrazone groups is 1. The van der Waals surface area contributed by atoms with Gasteiger partial charge in [0.05, 0.1) is 23.4 Å². The molecule has 0 spiro atoms. The van der Waals surface area contributed by atoms with Gasteiger partial charge in [-0.15, -0.1) is 11.8 Å². The number of nitrogens with one attached hydrogen (secondary N) is 1. The number of carbonyl (C=O) groups excluding carboxylic acids is 1. The minimum Gasteiger partial charge on any atom is -0.494 e. The number of sulfonamides is 1. The molecule has 11 heteroatoms. The number of ether oxygens (including phenoxy) is 1. The van der Waals surface area contributed by atoms with Gasteiger partial charge in [-0.25, -0.2) is 13.8 Å². The summed E-state index contributed by atoms with van der Waals surface area (Å²) in [6.07, 6.45) is 3.45. The van der Waals surface area contributed by atoms with Crippen molar-refractivity contribution in [1.82, 2.24) is 9.99 Å². The second-order valence-electron chi connectivity index (χ2n) is 9.05. The Morgan fingerprint density at radius 3 is 2.41 bits per heavy atom. The van der Waals surface area contributed by atoms with Crippen LogP contribution in [0.2, 0.25) is 5.02 Å². The van der Waals surface area contributed by atoms with Gasteiger partial charge in [-0.3, -0.25) is 9.10 Å². The summed E-state index contributed by atoms with van der Waals surface area (Å²) < 4.78 is 35.9. The molecule has 0 saturated carbocycles. The molecule has 0 saturated heterocycles. The van der Waals surface area contributed by atoms with Crippen molar-refractivity contribution in [2.24, 2.45) is 5.10 Å². The summed E-state index contributed by atoms with van der Waals surface area (Å²) in [6.45, 7) is 5.78. The summed E-state index contributed by atoms with van der Waals surface area (Å²) in [5, 5.41) is 4.75. The zero-order chi connectivity index (χ0) is 29.6. The molecule has 3 aromatic carbocycles. The number of aromatic nitrogens is 1. The Kier molecular flexibility index (Phi) is 9.80. The summed E-state index contributed by atoms with van der Waals surface area (Å²) in [4.78, 5) is 14.0. The molecule has 8 nitrogen and oxygen atoms in total. The Morgan fingerprint density at radius 2 is 1.78 bits per heavy atom. The third kappa shape index (κ3) is 7.13. The lowest BCUT2D eigenvalue weighted by atomic mass is 10.2. The van der Waals surface area contributed by atoms with Crippen molar-refractivity contribution in [2.45, 2.75) is 30.6 Å². The average molecular weight is 611 g/mol. The second-order valence-corrected chi connectivity index (χ2v) is 12.2. The number of aryl methyl sites for hydroxylation is 1. The first-order valence-electron chi connectivity index (χ1n) is 12.8. The van der Waals surface area contributed by atoms with E-state index in [4.69, 9.17) is 16.3 Å². The van der Waals surface area contributed by atoms with Crippen LogP contribution in [-0.2, 0) is 14.8 Å². The zero-order valence-electron chi connectivity index (χ0n) is 23.2. The molecule has 0 aliphatic carbocycles. The van der Waals surface area contributed by atoms with Crippen LogP contribution in [0.3, 0.4) is 0 Å². The standard InChI is InChI=1S/C30H31ClN4O4S2/c1-5-39-27-11-9-25(10-12-27)34(41(37,38)29-15-13-28(40-4)14-16-29)20-30(36)33-32-19-23-17-21(2)35(22(23)3)26-8-6-7-24(31)18-26/h6-19H,5,20H2,1-4H3,(H,33,36)/b32-19-. The molecule has 1 aromatic heterocycles. The van der Waals surface area contributed by atoms with Crippen LogP contribution in [0.5, 0.6) is 5.75 Å². The first-order valence-corrected chi connectivity index (χ1v) is 15.8. The third-order valence-corrected chi connectivity index (χ3v) is 9.07. The highest BCUT2D eigenvalue weighted by Gasteiger charge is 2.27. The Labute approximate surface area is 250 Å². The van der Waals surface area contributed by atoms with Crippen LogP contribution in [0.15, 0.2) is 93.8 Å². The van der Waals surface area contributed by atoms with Gasteiger partial charge in [0.15, 0.2) is 0 Å². The molecule has 0 atom stereocenters. The highest BCUT2D eigenvalue weighted by molar-refractivity contribution is 7.98. The van der Waals surface area contributed by atoms with Gasteiger partial charge in [-0.05, 0) is 99.8 Å². The lowest BCUT2D eigenvalue weighted by molar-refractivity contribution is -0.119. The molecular formula is C30H31ClN4O4S2. The van der Waals surface area contributed by atoms with Crippen molar-refractivity contribution in [2.75, 3.05) is 23.7 Å². The van der Waals surface area contributed by atoms with Crippen LogP contribution in [-0.4, -0.2) is 44.5 Å². The molecular weight excluding hydrogens is 580 g/mol. The van der Waals surface area contributed by atoms with Gasteiger partial charge in [0.2, 0.25) is 0 Å². The molecule has 0 aliphatic rings. The zero-order valence-corrected chi connectivity index (χ0v) is 25.6. The van der Waals surface area contributed by atoms with Crippen LogP contribution in [0, 0.1) is 13.8 Å². The maximum Gasteiger partial charge on any atom is 0.264 e. The van der Waals surface area contributed by atoms with E-state index in [2.05, 4.69) is 10.5 Å². The number of carbonyl (C=O) groups is 1. The van der Waals surface area contributed by atoms with Gasteiger partial charge in [0.1, 0.15) is 12.3 Å². The molecule has 4 aromatic rings. The lowest BCUT2D eigenvalue weighted by Crippen LogP contribution is -2.39. The van der Waals surface area contributed by atoms with Crippen molar-refractivity contribution in [3.63, 3.8) is 0 Å². The van der Waals surface area contributed by atoms with E-state index >= 15 is 0 Å². The number of benzene rings is 3. The molecule has 1 heterocycles. The largest absolute Gasteiger partial charge is 0.494 e. The van der Waals surface area contributed by atoms with Crippen molar-refractivity contribution < 1.29 is 17.9 Å². The van der Waals surface area contributed by atoms with E-state index in [1.54, 1.807) is 36.4 Å². The first-order chi connectivity index (χ1) is 19.6. The maximum absolute atomic E-state index is 13.7. The molecule has 1 N–H and O–H groups in total. The fourth-order valence-electron chi connectivity index (χ4n) is 4.34. The Balaban J connectivity index is 1.56. The smallest absolute Gasteiger partial charge is 0.264 e. The van der Waals surface area contributed by atoms with Gasteiger partial charge in [-0.1, -0.05) is 17.7 Å². The fourth-order valence-corrected chi connectivity index (χ4v) is 6.35. The van der Waals surface area contributed by atoms with Crippen LogP contribution in [0.1, 0.15) is 23.9 Å². The molecule has 0 bridgehead atoms. The van der Waals surface area contributed by atoms with Gasteiger partial charge in [0.25, 0.3) is 15.9 Å². The monoisotopic (exact) mass is 610 g/mol. The van der Waals surface area contributed by atoms with Crippen LogP contribution >= 0.6 is 23.4 Å². The second kappa shape index (κ2) is 13.3. The number of rotatable bonds is 11. The van der Waals surface area contributed by atoms with Crippen LogP contribution in [0.25, 0.3) is 5.69 Å². The Hall–Kier alpha value is -3.73. The molecule has 0 unspecified atom stereocenters. The molecule has 0 aliphatic heterocycles. The molecule has 4 rings (SSSR count). The molecule has 41 heavy (non-hydrogen) atoms. The van der Waals surface area contributed by atoms with Crippen molar-refractivity contribution in [3.8, 4) is 11.4 Å². The summed E-state index contributed by atoms with van der Waals surface area (Å²) in [5.41, 5.74) is 6.40. The van der Waals surface area contributed by atoms with E-state index in [9.17, 15) is 13.2 Å². The van der Waals surface area contributed by atoms with E-state index in [0.29, 0.717) is 23.1 Å². The van der Waals surface area contributed by atoms with Crippen LogP contribution < -0.4 is 14.5 Å². The van der Waals surface area contributed by atoms with E-state index in [1.807, 2.05) is 61.9 Å². The van der Waals surface area contributed by atoms with Gasteiger partial charge in [0, 0.05) is 32.6 Å². The van der Waals surface area contributed by atoms with Gasteiger partial charge < -0.3 is 9.30 Å². The molecule has 1 amide bonds. The summed E-state index contributed by atoms with van der Waals surface area (Å²) >= 11 is 7.69. The number of hydrogen-bond donors (Lipinski definition) is 1. The molecule has 214 valence electrons. The number of halogens is 1. The van der Waals surface area contributed by atoms with E-state index in [0.717, 1.165) is 31.8 Å². The van der Waals surface area contributed by atoms with Crippen molar-refractivity contribution in [3.05, 3.63) is 101 Å². The van der Waals surface area contributed by atoms with Gasteiger partial charge in [-0.2, -0.15) is 5.10 Å². The Morgan fingerprint density at radius 1 is 1.07 bits per heavy atom. The summed E-state index contributed by atoms with van der Waals surface area (Å²) in [7, 11) is -4.06.